The fourth-order valence-corrected chi connectivity index (χ4v) is 9.35. The number of thioether (sulfide) groups is 2. The van der Waals surface area contributed by atoms with Crippen LogP contribution in [0.1, 0.15) is 27.8 Å². The summed E-state index contributed by atoms with van der Waals surface area (Å²) < 4.78 is -1.07. The SMILES string of the molecule is Clc1ccc(C2(c3ccc(Cl)cc3)S[C@@]3(SC(c4ccccc4)=NN3c3ccccc3)c3ccccc32)cc1. The fraction of sp³-hybridized carbons (Fsp3) is 0.0606. The number of benzene rings is 5. The maximum Gasteiger partial charge on any atom is 0.187 e. The van der Waals surface area contributed by atoms with E-state index in [0.717, 1.165) is 27.4 Å². The van der Waals surface area contributed by atoms with Gasteiger partial charge in [-0.2, -0.15) is 5.10 Å². The minimum Gasteiger partial charge on any atom is -0.233 e. The van der Waals surface area contributed by atoms with Gasteiger partial charge in [-0.1, -0.05) is 144 Å². The van der Waals surface area contributed by atoms with E-state index in [9.17, 15) is 0 Å². The van der Waals surface area contributed by atoms with E-state index in [4.69, 9.17) is 28.3 Å². The third kappa shape index (κ3) is 4.01. The summed E-state index contributed by atoms with van der Waals surface area (Å²) in [4.78, 5) is 0. The second kappa shape index (κ2) is 9.79. The summed E-state index contributed by atoms with van der Waals surface area (Å²) in [6.07, 6.45) is 0. The van der Waals surface area contributed by atoms with Crippen LogP contribution < -0.4 is 5.01 Å². The molecule has 0 amide bonds. The summed E-state index contributed by atoms with van der Waals surface area (Å²) in [7, 11) is 0. The maximum absolute atomic E-state index is 6.39. The molecular formula is C33H22Cl2N2S2. The predicted octanol–water partition coefficient (Wildman–Crippen LogP) is 9.76. The Bertz CT molecular complexity index is 1630. The van der Waals surface area contributed by atoms with Crippen molar-refractivity contribution in [2.45, 2.75) is 8.95 Å². The topological polar surface area (TPSA) is 15.6 Å². The molecule has 1 atom stereocenters. The van der Waals surface area contributed by atoms with E-state index in [2.05, 4.69) is 102 Å². The van der Waals surface area contributed by atoms with Gasteiger partial charge in [0.2, 0.25) is 0 Å². The van der Waals surface area contributed by atoms with Crippen molar-refractivity contribution in [1.29, 1.82) is 0 Å². The number of anilines is 1. The molecule has 0 radical (unpaired) electrons. The lowest BCUT2D eigenvalue weighted by molar-refractivity contribution is 0.806. The van der Waals surface area contributed by atoms with Gasteiger partial charge in [0.25, 0.3) is 0 Å². The molecule has 0 unspecified atom stereocenters. The molecule has 0 aromatic heterocycles. The summed E-state index contributed by atoms with van der Waals surface area (Å²) in [5, 5.41) is 9.92. The van der Waals surface area contributed by atoms with Crippen molar-refractivity contribution in [3.63, 3.8) is 0 Å². The van der Waals surface area contributed by atoms with Crippen molar-refractivity contribution in [3.8, 4) is 0 Å². The van der Waals surface area contributed by atoms with Gasteiger partial charge < -0.3 is 0 Å². The Labute approximate surface area is 246 Å². The molecule has 2 heterocycles. The Kier molecular flexibility index (Phi) is 6.24. The van der Waals surface area contributed by atoms with E-state index in [1.807, 2.05) is 48.2 Å². The van der Waals surface area contributed by atoms with Crippen LogP contribution >= 0.6 is 46.7 Å². The quantitative estimate of drug-likeness (QED) is 0.210. The molecule has 0 N–H and O–H groups in total. The Balaban J connectivity index is 1.50. The monoisotopic (exact) mass is 580 g/mol. The first kappa shape index (κ1) is 24.9. The highest BCUT2D eigenvalue weighted by Gasteiger charge is 2.61. The zero-order chi connectivity index (χ0) is 26.5. The van der Waals surface area contributed by atoms with Gasteiger partial charge in [-0.05, 0) is 53.1 Å². The molecule has 1 spiro atoms. The molecule has 0 saturated carbocycles. The number of nitrogens with zero attached hydrogens (tertiary/aromatic N) is 2. The van der Waals surface area contributed by atoms with Crippen molar-refractivity contribution >= 4 is 57.5 Å². The maximum atomic E-state index is 6.39. The van der Waals surface area contributed by atoms with E-state index in [1.54, 1.807) is 11.8 Å². The second-order valence-corrected chi connectivity index (χ2v) is 13.2. The smallest absolute Gasteiger partial charge is 0.187 e. The first-order valence-electron chi connectivity index (χ1n) is 12.6. The number of hydrogen-bond acceptors (Lipinski definition) is 4. The fourth-order valence-electron chi connectivity index (χ4n) is 5.43. The van der Waals surface area contributed by atoms with Gasteiger partial charge in [0, 0.05) is 21.2 Å². The van der Waals surface area contributed by atoms with E-state index in [-0.39, 0.29) is 0 Å². The number of para-hydroxylation sites is 1. The van der Waals surface area contributed by atoms with Gasteiger partial charge >= 0.3 is 0 Å². The summed E-state index contributed by atoms with van der Waals surface area (Å²) in [6.45, 7) is 0. The van der Waals surface area contributed by atoms with Crippen molar-refractivity contribution < 1.29 is 0 Å². The number of hydrogen-bond donors (Lipinski definition) is 0. The van der Waals surface area contributed by atoms with Crippen LogP contribution in [-0.4, -0.2) is 5.04 Å². The molecule has 5 aromatic carbocycles. The van der Waals surface area contributed by atoms with Crippen molar-refractivity contribution in [3.05, 3.63) is 171 Å². The number of rotatable bonds is 4. The zero-order valence-corrected chi connectivity index (χ0v) is 23.8. The van der Waals surface area contributed by atoms with Crippen LogP contribution in [0.2, 0.25) is 10.0 Å². The molecule has 2 nitrogen and oxygen atoms in total. The molecule has 39 heavy (non-hydrogen) atoms. The van der Waals surface area contributed by atoms with Gasteiger partial charge in [-0.25, -0.2) is 5.01 Å². The molecule has 0 fully saturated rings. The third-order valence-electron chi connectivity index (χ3n) is 7.17. The lowest BCUT2D eigenvalue weighted by atomic mass is 9.82. The molecule has 0 saturated heterocycles. The van der Waals surface area contributed by atoms with Crippen LogP contribution in [-0.2, 0) is 8.95 Å². The molecule has 6 heteroatoms. The average Bonchev–Trinajstić information content (AvgIpc) is 3.52. The Morgan fingerprint density at radius 1 is 0.564 bits per heavy atom. The third-order valence-corrected chi connectivity index (χ3v) is 11.0. The van der Waals surface area contributed by atoms with Gasteiger partial charge in [-0.15, -0.1) is 0 Å². The molecule has 2 aliphatic heterocycles. The molecule has 2 aliphatic rings. The zero-order valence-electron chi connectivity index (χ0n) is 20.7. The van der Waals surface area contributed by atoms with E-state index in [0.29, 0.717) is 10.0 Å². The summed E-state index contributed by atoms with van der Waals surface area (Å²) in [5.74, 6) is 0. The first-order valence-corrected chi connectivity index (χ1v) is 15.0. The predicted molar refractivity (Wildman–Crippen MR) is 168 cm³/mol. The Morgan fingerprint density at radius 3 is 1.67 bits per heavy atom. The summed E-state index contributed by atoms with van der Waals surface area (Å²) >= 11 is 16.5. The second-order valence-electron chi connectivity index (χ2n) is 9.45. The minimum absolute atomic E-state index is 0.520. The van der Waals surface area contributed by atoms with Gasteiger partial charge in [0.05, 0.1) is 10.4 Å². The van der Waals surface area contributed by atoms with E-state index in [1.165, 1.54) is 11.1 Å². The highest BCUT2D eigenvalue weighted by Crippen LogP contribution is 2.71. The molecule has 5 aromatic rings. The minimum atomic E-state index is -0.553. The highest BCUT2D eigenvalue weighted by atomic mass is 35.5. The molecule has 190 valence electrons. The Hall–Kier alpha value is -3.15. The van der Waals surface area contributed by atoms with Crippen molar-refractivity contribution in [2.75, 3.05) is 5.01 Å². The van der Waals surface area contributed by atoms with E-state index < -0.39 is 8.95 Å². The van der Waals surface area contributed by atoms with Crippen molar-refractivity contribution in [1.82, 2.24) is 0 Å². The highest BCUT2D eigenvalue weighted by molar-refractivity contribution is 8.26. The first-order chi connectivity index (χ1) is 19.1. The molecule has 7 rings (SSSR count). The van der Waals surface area contributed by atoms with Crippen LogP contribution in [0.5, 0.6) is 0 Å². The summed E-state index contributed by atoms with van der Waals surface area (Å²) in [6, 6.07) is 46.1. The van der Waals surface area contributed by atoms with Gasteiger partial charge in [0.1, 0.15) is 5.04 Å². The largest absolute Gasteiger partial charge is 0.233 e. The number of halogens is 2. The number of hydrazone groups is 1. The molecule has 0 aliphatic carbocycles. The van der Waals surface area contributed by atoms with Crippen molar-refractivity contribution in [2.24, 2.45) is 5.10 Å². The van der Waals surface area contributed by atoms with E-state index >= 15 is 0 Å². The lowest BCUT2D eigenvalue weighted by Crippen LogP contribution is -2.33. The summed E-state index contributed by atoms with van der Waals surface area (Å²) in [5.41, 5.74) is 6.92. The van der Waals surface area contributed by atoms with Crippen LogP contribution in [0, 0.1) is 0 Å². The number of fused-ring (bicyclic) bond motifs is 2. The normalized spacial score (nSPS) is 19.2. The Morgan fingerprint density at radius 2 is 1.08 bits per heavy atom. The lowest BCUT2D eigenvalue weighted by Gasteiger charge is -2.37. The standard InChI is InChI=1S/C33H22Cl2N2S2/c34-26-19-15-24(16-20-26)32(25-17-21-27(35)22-18-25)29-13-7-8-14-30(29)33(39-32)37(28-11-5-2-6-12-28)36-31(38-33)23-9-3-1-4-10-23/h1-22H/t33-/m0/s1. The molecular weight excluding hydrogens is 559 g/mol. The molecule has 0 bridgehead atoms. The van der Waals surface area contributed by atoms with Crippen LogP contribution in [0.25, 0.3) is 0 Å². The van der Waals surface area contributed by atoms with Crippen LogP contribution in [0.15, 0.2) is 139 Å². The van der Waals surface area contributed by atoms with Gasteiger partial charge in [-0.3, -0.25) is 0 Å². The van der Waals surface area contributed by atoms with Crippen LogP contribution in [0.3, 0.4) is 0 Å². The average molecular weight is 582 g/mol. The van der Waals surface area contributed by atoms with Gasteiger partial charge in [0.15, 0.2) is 4.20 Å². The van der Waals surface area contributed by atoms with Crippen LogP contribution in [0.4, 0.5) is 5.69 Å².